The molecule has 0 aliphatic rings. The van der Waals surface area contributed by atoms with Gasteiger partial charge in [-0.1, -0.05) is 0 Å². The zero-order valence-electron chi connectivity index (χ0n) is 19.2. The van der Waals surface area contributed by atoms with Crippen LogP contribution in [0.25, 0.3) is 0 Å². The normalized spacial score (nSPS) is 10.6. The van der Waals surface area contributed by atoms with E-state index in [1.807, 2.05) is 25.1 Å². The Morgan fingerprint density at radius 1 is 1.00 bits per heavy atom. The molecular weight excluding hydrogens is 408 g/mol. The third-order valence-electron chi connectivity index (χ3n) is 4.77. The molecule has 0 radical (unpaired) electrons. The van der Waals surface area contributed by atoms with E-state index in [2.05, 4.69) is 34.6 Å². The molecule has 8 heteroatoms. The molecular formula is C24H32N4O4. The average Bonchev–Trinajstić information content (AvgIpc) is 2.80. The fraction of sp³-hybridized carbons (Fsp3) is 0.375. The van der Waals surface area contributed by atoms with E-state index in [1.54, 1.807) is 31.4 Å². The Balaban J connectivity index is 1.82. The second-order valence-corrected chi connectivity index (χ2v) is 6.90. The van der Waals surface area contributed by atoms with Gasteiger partial charge in [-0.3, -0.25) is 9.59 Å². The van der Waals surface area contributed by atoms with E-state index in [4.69, 9.17) is 9.47 Å². The van der Waals surface area contributed by atoms with Crippen molar-refractivity contribution in [2.24, 2.45) is 5.10 Å². The molecule has 172 valence electrons. The molecule has 0 spiro atoms. The molecule has 0 unspecified atom stereocenters. The van der Waals surface area contributed by atoms with E-state index >= 15 is 0 Å². The van der Waals surface area contributed by atoms with Crippen LogP contribution in [0.1, 0.15) is 39.2 Å². The summed E-state index contributed by atoms with van der Waals surface area (Å²) in [6, 6.07) is 12.9. The smallest absolute Gasteiger partial charge is 0.240 e. The number of anilines is 2. The maximum atomic E-state index is 12.1. The highest BCUT2D eigenvalue weighted by Crippen LogP contribution is 2.24. The molecule has 0 saturated heterocycles. The topological polar surface area (TPSA) is 92.3 Å². The third-order valence-corrected chi connectivity index (χ3v) is 4.77. The van der Waals surface area contributed by atoms with E-state index in [9.17, 15) is 9.59 Å². The van der Waals surface area contributed by atoms with E-state index in [0.717, 1.165) is 30.1 Å². The highest BCUT2D eigenvalue weighted by Gasteiger charge is 2.09. The summed E-state index contributed by atoms with van der Waals surface area (Å²) >= 11 is 0. The zero-order valence-corrected chi connectivity index (χ0v) is 19.2. The summed E-state index contributed by atoms with van der Waals surface area (Å²) in [5.74, 6) is 0.813. The van der Waals surface area contributed by atoms with Crippen LogP contribution in [0.5, 0.6) is 11.5 Å². The Morgan fingerprint density at radius 3 is 2.31 bits per heavy atom. The summed E-state index contributed by atoms with van der Waals surface area (Å²) in [7, 11) is 1.60. The number of nitrogens with one attached hydrogen (secondary N) is 2. The van der Waals surface area contributed by atoms with Gasteiger partial charge >= 0.3 is 0 Å². The highest BCUT2D eigenvalue weighted by molar-refractivity contribution is 5.93. The van der Waals surface area contributed by atoms with Crippen molar-refractivity contribution >= 4 is 29.4 Å². The number of carbonyl (C=O) groups excluding carboxylic acids is 2. The molecule has 2 amide bonds. The summed E-state index contributed by atoms with van der Waals surface area (Å²) in [5, 5.41) is 6.74. The highest BCUT2D eigenvalue weighted by atomic mass is 16.5. The molecule has 0 heterocycles. The van der Waals surface area contributed by atoms with Crippen LogP contribution in [-0.2, 0) is 9.59 Å². The fourth-order valence-corrected chi connectivity index (χ4v) is 3.07. The van der Waals surface area contributed by atoms with Crippen LogP contribution >= 0.6 is 0 Å². The first-order valence-corrected chi connectivity index (χ1v) is 10.8. The minimum atomic E-state index is -0.346. The Labute approximate surface area is 189 Å². The molecule has 0 aromatic heterocycles. The number of rotatable bonds is 12. The van der Waals surface area contributed by atoms with Crippen LogP contribution in [0.4, 0.5) is 11.4 Å². The number of nitrogens with zero attached hydrogens (tertiary/aromatic N) is 2. The van der Waals surface area contributed by atoms with Crippen LogP contribution in [0.15, 0.2) is 47.6 Å². The molecule has 2 aromatic rings. The molecule has 0 atom stereocenters. The van der Waals surface area contributed by atoms with Gasteiger partial charge in [0.1, 0.15) is 11.5 Å². The van der Waals surface area contributed by atoms with Crippen molar-refractivity contribution < 1.29 is 19.1 Å². The van der Waals surface area contributed by atoms with Gasteiger partial charge in [0.05, 0.1) is 19.9 Å². The molecule has 0 aliphatic carbocycles. The lowest BCUT2D eigenvalue weighted by Crippen LogP contribution is -2.22. The number of carbonyl (C=O) groups is 2. The SMILES string of the molecule is CCOc1ccc(NC(=O)CCC(=O)NN=Cc2ccc(N(CC)CC)cc2OC)cc1. The molecule has 0 saturated carbocycles. The predicted molar refractivity (Wildman–Crippen MR) is 128 cm³/mol. The number of hydrazone groups is 1. The van der Waals surface area contributed by atoms with Crippen LogP contribution < -0.4 is 25.1 Å². The van der Waals surface area contributed by atoms with Crippen molar-refractivity contribution in [3.8, 4) is 11.5 Å². The molecule has 0 fully saturated rings. The van der Waals surface area contributed by atoms with Crippen molar-refractivity contribution in [1.29, 1.82) is 0 Å². The van der Waals surface area contributed by atoms with Gasteiger partial charge < -0.3 is 19.7 Å². The molecule has 0 bridgehead atoms. The second kappa shape index (κ2) is 13.0. The van der Waals surface area contributed by atoms with Gasteiger partial charge in [-0.25, -0.2) is 5.43 Å². The molecule has 2 aromatic carbocycles. The van der Waals surface area contributed by atoms with Crippen LogP contribution in [0.2, 0.25) is 0 Å². The van der Waals surface area contributed by atoms with E-state index in [0.29, 0.717) is 18.0 Å². The maximum Gasteiger partial charge on any atom is 0.240 e. The van der Waals surface area contributed by atoms with E-state index in [-0.39, 0.29) is 24.7 Å². The number of methoxy groups -OCH3 is 1. The van der Waals surface area contributed by atoms with Crippen molar-refractivity contribution in [2.45, 2.75) is 33.6 Å². The largest absolute Gasteiger partial charge is 0.496 e. The zero-order chi connectivity index (χ0) is 23.3. The molecule has 8 nitrogen and oxygen atoms in total. The Bertz CT molecular complexity index is 909. The summed E-state index contributed by atoms with van der Waals surface area (Å²) in [4.78, 5) is 26.3. The van der Waals surface area contributed by atoms with Crippen molar-refractivity contribution in [1.82, 2.24) is 5.43 Å². The Kier molecular flexibility index (Phi) is 10.0. The lowest BCUT2D eigenvalue weighted by molar-refractivity contribution is -0.124. The summed E-state index contributed by atoms with van der Waals surface area (Å²) in [6.07, 6.45) is 1.61. The lowest BCUT2D eigenvalue weighted by atomic mass is 10.2. The predicted octanol–water partition coefficient (Wildman–Crippen LogP) is 3.81. The lowest BCUT2D eigenvalue weighted by Gasteiger charge is -2.21. The van der Waals surface area contributed by atoms with Gasteiger partial charge in [-0.05, 0) is 57.2 Å². The first-order valence-electron chi connectivity index (χ1n) is 10.8. The second-order valence-electron chi connectivity index (χ2n) is 6.90. The van der Waals surface area contributed by atoms with Crippen LogP contribution in [0, 0.1) is 0 Å². The average molecular weight is 441 g/mol. The molecule has 2 N–H and O–H groups in total. The van der Waals surface area contributed by atoms with Gasteiger partial charge in [0, 0.05) is 48.9 Å². The van der Waals surface area contributed by atoms with Gasteiger partial charge in [0.15, 0.2) is 0 Å². The van der Waals surface area contributed by atoms with E-state index in [1.165, 1.54) is 6.21 Å². The number of hydrogen-bond acceptors (Lipinski definition) is 6. The summed E-state index contributed by atoms with van der Waals surface area (Å²) < 4.78 is 10.8. The molecule has 2 rings (SSSR count). The Morgan fingerprint density at radius 2 is 1.69 bits per heavy atom. The Hall–Kier alpha value is -3.55. The third kappa shape index (κ3) is 7.61. The van der Waals surface area contributed by atoms with Gasteiger partial charge in [-0.15, -0.1) is 0 Å². The molecule has 32 heavy (non-hydrogen) atoms. The van der Waals surface area contributed by atoms with Crippen molar-refractivity contribution in [2.75, 3.05) is 37.0 Å². The summed E-state index contributed by atoms with van der Waals surface area (Å²) in [5.41, 5.74) is 4.91. The van der Waals surface area contributed by atoms with Crippen LogP contribution in [-0.4, -0.2) is 44.8 Å². The number of benzene rings is 2. The number of amides is 2. The first-order chi connectivity index (χ1) is 15.5. The van der Waals surface area contributed by atoms with Gasteiger partial charge in [-0.2, -0.15) is 5.10 Å². The van der Waals surface area contributed by atoms with Crippen molar-refractivity contribution in [3.63, 3.8) is 0 Å². The van der Waals surface area contributed by atoms with Crippen molar-refractivity contribution in [3.05, 3.63) is 48.0 Å². The maximum absolute atomic E-state index is 12.1. The monoisotopic (exact) mass is 440 g/mol. The standard InChI is InChI=1S/C24H32N4O4/c1-5-28(6-2)20-11-8-18(22(16-20)31-4)17-25-27-24(30)15-14-23(29)26-19-9-12-21(13-10-19)32-7-3/h8-13,16-17H,5-7,14-15H2,1-4H3,(H,26,29)(H,27,30). The molecule has 0 aliphatic heterocycles. The summed E-state index contributed by atoms with van der Waals surface area (Å²) in [6.45, 7) is 8.48. The van der Waals surface area contributed by atoms with Crippen LogP contribution in [0.3, 0.4) is 0 Å². The van der Waals surface area contributed by atoms with E-state index < -0.39 is 0 Å². The number of hydrogen-bond donors (Lipinski definition) is 2. The minimum absolute atomic E-state index is 0.0260. The fourth-order valence-electron chi connectivity index (χ4n) is 3.07. The minimum Gasteiger partial charge on any atom is -0.496 e. The first kappa shape index (κ1) is 24.7. The number of ether oxygens (including phenoxy) is 2. The van der Waals surface area contributed by atoms with Gasteiger partial charge in [0.25, 0.3) is 0 Å². The van der Waals surface area contributed by atoms with Gasteiger partial charge in [0.2, 0.25) is 11.8 Å². The quantitative estimate of drug-likeness (QED) is 0.387.